The lowest BCUT2D eigenvalue weighted by atomic mass is 10.1. The minimum absolute atomic E-state index is 0.118. The van der Waals surface area contributed by atoms with E-state index < -0.39 is 10.8 Å². The van der Waals surface area contributed by atoms with Crippen molar-refractivity contribution in [2.75, 3.05) is 5.88 Å². The predicted molar refractivity (Wildman–Crippen MR) is 34.6 cm³/mol. The van der Waals surface area contributed by atoms with E-state index in [0.717, 1.165) is 0 Å². The highest BCUT2D eigenvalue weighted by Crippen LogP contribution is 2.19. The highest BCUT2D eigenvalue weighted by atomic mass is 35.5. The SMILES string of the molecule is CCC(Cl)(CCl)C(=O)[O-]. The second kappa shape index (κ2) is 3.28. The van der Waals surface area contributed by atoms with Gasteiger partial charge >= 0.3 is 0 Å². The van der Waals surface area contributed by atoms with E-state index in [1.165, 1.54) is 0 Å². The van der Waals surface area contributed by atoms with Crippen LogP contribution >= 0.6 is 23.2 Å². The predicted octanol–water partition coefficient (Wildman–Crippen LogP) is 0.363. The van der Waals surface area contributed by atoms with E-state index >= 15 is 0 Å². The van der Waals surface area contributed by atoms with Crippen LogP contribution in [0.5, 0.6) is 0 Å². The summed E-state index contributed by atoms with van der Waals surface area (Å²) in [6.07, 6.45) is 0.278. The molecule has 0 amide bonds. The molecule has 0 saturated carbocycles. The summed E-state index contributed by atoms with van der Waals surface area (Å²) in [5.41, 5.74) is 0. The van der Waals surface area contributed by atoms with Gasteiger partial charge in [-0.25, -0.2) is 0 Å². The van der Waals surface area contributed by atoms with Crippen LogP contribution in [0.4, 0.5) is 0 Å². The number of carboxylic acids is 1. The molecule has 0 aromatic rings. The Morgan fingerprint density at radius 3 is 2.22 bits per heavy atom. The van der Waals surface area contributed by atoms with Gasteiger partial charge in [-0.3, -0.25) is 0 Å². The van der Waals surface area contributed by atoms with Crippen molar-refractivity contribution in [3.63, 3.8) is 0 Å². The van der Waals surface area contributed by atoms with Crippen LogP contribution in [-0.4, -0.2) is 16.7 Å². The van der Waals surface area contributed by atoms with Crippen molar-refractivity contribution in [2.24, 2.45) is 0 Å². The second-order valence-corrected chi connectivity index (χ2v) is 2.73. The largest absolute Gasteiger partial charge is 0.548 e. The lowest BCUT2D eigenvalue weighted by Crippen LogP contribution is -2.44. The smallest absolute Gasteiger partial charge is 0.0970 e. The van der Waals surface area contributed by atoms with Gasteiger partial charge in [0.2, 0.25) is 0 Å². The zero-order valence-corrected chi connectivity index (χ0v) is 6.50. The van der Waals surface area contributed by atoms with Crippen LogP contribution in [0.3, 0.4) is 0 Å². The summed E-state index contributed by atoms with van der Waals surface area (Å²) in [4.78, 5) is 8.78. The summed E-state index contributed by atoms with van der Waals surface area (Å²) < 4.78 is 0. The van der Waals surface area contributed by atoms with Crippen molar-refractivity contribution in [2.45, 2.75) is 18.2 Å². The summed E-state index contributed by atoms with van der Waals surface area (Å²) in [5, 5.41) is 10.2. The Morgan fingerprint density at radius 1 is 1.78 bits per heavy atom. The number of alkyl halides is 2. The highest BCUT2D eigenvalue weighted by molar-refractivity contribution is 6.38. The fourth-order valence-electron chi connectivity index (χ4n) is 0.293. The molecule has 0 aliphatic rings. The number of hydrogen-bond acceptors (Lipinski definition) is 2. The summed E-state index contributed by atoms with van der Waals surface area (Å²) in [6.45, 7) is 1.64. The Labute approximate surface area is 63.8 Å². The standard InChI is InChI=1S/C5H8Cl2O2/c1-2-5(7,3-6)4(8)9/h2-3H2,1H3,(H,8,9)/p-1. The first-order valence-electron chi connectivity index (χ1n) is 2.53. The number of halogens is 2. The van der Waals surface area contributed by atoms with Crippen LogP contribution < -0.4 is 5.11 Å². The molecule has 0 rings (SSSR count). The van der Waals surface area contributed by atoms with Gasteiger partial charge in [0.05, 0.1) is 10.8 Å². The molecule has 0 aliphatic carbocycles. The van der Waals surface area contributed by atoms with Gasteiger partial charge in [0.25, 0.3) is 0 Å². The molecule has 4 heteroatoms. The maximum absolute atomic E-state index is 10.2. The van der Waals surface area contributed by atoms with Gasteiger partial charge in [-0.05, 0) is 6.42 Å². The minimum atomic E-state index is -1.37. The summed E-state index contributed by atoms with van der Waals surface area (Å²) in [6, 6.07) is 0. The Morgan fingerprint density at radius 2 is 2.22 bits per heavy atom. The average molecular weight is 170 g/mol. The first-order chi connectivity index (χ1) is 4.06. The van der Waals surface area contributed by atoms with Gasteiger partial charge < -0.3 is 9.90 Å². The van der Waals surface area contributed by atoms with Gasteiger partial charge in [0.15, 0.2) is 0 Å². The van der Waals surface area contributed by atoms with Crippen LogP contribution in [0.2, 0.25) is 0 Å². The molecule has 1 unspecified atom stereocenters. The summed E-state index contributed by atoms with van der Waals surface area (Å²) >= 11 is 10.7. The number of carbonyl (C=O) groups excluding carboxylic acids is 1. The van der Waals surface area contributed by atoms with Crippen molar-refractivity contribution in [3.05, 3.63) is 0 Å². The highest BCUT2D eigenvalue weighted by Gasteiger charge is 2.24. The third kappa shape index (κ3) is 2.03. The van der Waals surface area contributed by atoms with Gasteiger partial charge in [0.1, 0.15) is 0 Å². The molecule has 0 spiro atoms. The van der Waals surface area contributed by atoms with Crippen LogP contribution in [0.15, 0.2) is 0 Å². The zero-order valence-electron chi connectivity index (χ0n) is 4.99. The fourth-order valence-corrected chi connectivity index (χ4v) is 0.591. The van der Waals surface area contributed by atoms with Crippen LogP contribution in [-0.2, 0) is 4.79 Å². The third-order valence-electron chi connectivity index (χ3n) is 1.14. The molecule has 1 atom stereocenters. The van der Waals surface area contributed by atoms with Crippen molar-refractivity contribution in [1.29, 1.82) is 0 Å². The number of aliphatic carboxylic acids is 1. The Bertz CT molecular complexity index is 110. The Balaban J connectivity index is 4.09. The molecule has 54 valence electrons. The molecule has 2 nitrogen and oxygen atoms in total. The van der Waals surface area contributed by atoms with Crippen molar-refractivity contribution >= 4 is 29.2 Å². The van der Waals surface area contributed by atoms with Crippen LogP contribution in [0.1, 0.15) is 13.3 Å². The quantitative estimate of drug-likeness (QED) is 0.573. The number of rotatable bonds is 3. The monoisotopic (exact) mass is 169 g/mol. The Hall–Kier alpha value is 0.0500. The average Bonchev–Trinajstić information content (AvgIpc) is 1.86. The van der Waals surface area contributed by atoms with E-state index in [0.29, 0.717) is 0 Å². The van der Waals surface area contributed by atoms with Gasteiger partial charge in [-0.1, -0.05) is 6.92 Å². The van der Waals surface area contributed by atoms with Gasteiger partial charge in [-0.15, -0.1) is 23.2 Å². The maximum atomic E-state index is 10.2. The van der Waals surface area contributed by atoms with E-state index in [4.69, 9.17) is 23.2 Å². The van der Waals surface area contributed by atoms with E-state index in [-0.39, 0.29) is 12.3 Å². The van der Waals surface area contributed by atoms with Gasteiger partial charge in [0, 0.05) is 5.88 Å². The summed E-state index contributed by atoms with van der Waals surface area (Å²) in [5.74, 6) is -1.42. The number of carbonyl (C=O) groups is 1. The first-order valence-corrected chi connectivity index (χ1v) is 3.44. The second-order valence-electron chi connectivity index (χ2n) is 1.74. The number of hydrogen-bond donors (Lipinski definition) is 0. The third-order valence-corrected chi connectivity index (χ3v) is 2.29. The van der Waals surface area contributed by atoms with Gasteiger partial charge in [-0.2, -0.15) is 0 Å². The zero-order chi connectivity index (χ0) is 7.49. The van der Waals surface area contributed by atoms with Crippen molar-refractivity contribution in [1.82, 2.24) is 0 Å². The van der Waals surface area contributed by atoms with Crippen LogP contribution in [0, 0.1) is 0 Å². The molecule has 0 bridgehead atoms. The van der Waals surface area contributed by atoms with E-state index in [2.05, 4.69) is 0 Å². The lowest BCUT2D eigenvalue weighted by molar-refractivity contribution is -0.309. The van der Waals surface area contributed by atoms with Crippen molar-refractivity contribution < 1.29 is 9.90 Å². The molecule has 0 aromatic heterocycles. The first kappa shape index (κ1) is 9.05. The number of carboxylic acid groups (broad SMARTS) is 1. The Kier molecular flexibility index (Phi) is 3.30. The minimum Gasteiger partial charge on any atom is -0.548 e. The maximum Gasteiger partial charge on any atom is 0.0970 e. The molecule has 0 fully saturated rings. The fraction of sp³-hybridized carbons (Fsp3) is 0.800. The van der Waals surface area contributed by atoms with Crippen LogP contribution in [0.25, 0.3) is 0 Å². The van der Waals surface area contributed by atoms with E-state index in [1.807, 2.05) is 0 Å². The van der Waals surface area contributed by atoms with E-state index in [1.54, 1.807) is 6.92 Å². The molecular formula is C5H7Cl2O2-. The normalized spacial score (nSPS) is 16.8. The molecular weight excluding hydrogens is 163 g/mol. The molecule has 0 heterocycles. The van der Waals surface area contributed by atoms with E-state index in [9.17, 15) is 9.90 Å². The molecule has 0 saturated heterocycles. The molecule has 9 heavy (non-hydrogen) atoms. The molecule has 0 aromatic carbocycles. The topological polar surface area (TPSA) is 40.1 Å². The molecule has 0 radical (unpaired) electrons. The van der Waals surface area contributed by atoms with Crippen molar-refractivity contribution in [3.8, 4) is 0 Å². The lowest BCUT2D eigenvalue weighted by Gasteiger charge is -2.22. The summed E-state index contributed by atoms with van der Waals surface area (Å²) in [7, 11) is 0. The molecule has 0 aliphatic heterocycles. The molecule has 0 N–H and O–H groups in total.